The van der Waals surface area contributed by atoms with Crippen LogP contribution in [-0.4, -0.2) is 45.0 Å². The van der Waals surface area contributed by atoms with Crippen LogP contribution in [0.1, 0.15) is 34.1 Å². The largest absolute Gasteiger partial charge is 0.493 e. The van der Waals surface area contributed by atoms with Gasteiger partial charge in [-0.3, -0.25) is 4.99 Å². The fourth-order valence-corrected chi connectivity index (χ4v) is 4.20. The first-order chi connectivity index (χ1) is 12.5. The highest BCUT2D eigenvalue weighted by Crippen LogP contribution is 2.52. The van der Waals surface area contributed by atoms with E-state index >= 15 is 0 Å². The molecule has 3 rings (SSSR count). The highest BCUT2D eigenvalue weighted by atomic mass is 127. The number of ether oxygens (including phenoxy) is 3. The standard InChI is InChI=1S/C20H31N3O3.HI/c1-6-21-19(23-17-14-10-11-26-18(14)20(17,3)4)22-13-8-9-15(25-7-2)16(12-13)24-5;/h8-9,12,14,17-18H,6-7,10-11H2,1-5H3,(H2,21,22,23);1H. The average Bonchev–Trinajstić information content (AvgIpc) is 3.08. The Morgan fingerprint density at radius 3 is 2.74 bits per heavy atom. The van der Waals surface area contributed by atoms with E-state index in [4.69, 9.17) is 14.2 Å². The molecule has 0 aromatic heterocycles. The van der Waals surface area contributed by atoms with Crippen LogP contribution in [0.2, 0.25) is 0 Å². The lowest BCUT2D eigenvalue weighted by molar-refractivity contribution is -0.106. The quantitative estimate of drug-likeness (QED) is 0.361. The summed E-state index contributed by atoms with van der Waals surface area (Å²) in [6, 6.07) is 6.19. The van der Waals surface area contributed by atoms with Crippen LogP contribution in [0.3, 0.4) is 0 Å². The van der Waals surface area contributed by atoms with E-state index in [0.717, 1.165) is 30.4 Å². The number of hydrogen-bond donors (Lipinski definition) is 2. The maximum absolute atomic E-state index is 5.89. The Balaban J connectivity index is 0.00000261. The third-order valence-corrected chi connectivity index (χ3v) is 5.44. The number of aliphatic imine (C=N–C) groups is 1. The second kappa shape index (κ2) is 9.32. The molecule has 1 heterocycles. The lowest BCUT2D eigenvalue weighted by atomic mass is 9.57. The number of methoxy groups -OCH3 is 1. The zero-order chi connectivity index (χ0) is 18.7. The molecule has 0 amide bonds. The molecule has 6 nitrogen and oxygen atoms in total. The van der Waals surface area contributed by atoms with Crippen LogP contribution in [0.5, 0.6) is 11.5 Å². The molecule has 1 aliphatic heterocycles. The first kappa shape index (κ1) is 22.1. The van der Waals surface area contributed by atoms with Crippen molar-refractivity contribution in [2.45, 2.75) is 46.3 Å². The highest BCUT2D eigenvalue weighted by molar-refractivity contribution is 14.0. The predicted molar refractivity (Wildman–Crippen MR) is 120 cm³/mol. The smallest absolute Gasteiger partial charge is 0.196 e. The molecule has 3 unspecified atom stereocenters. The molecule has 1 aromatic carbocycles. The summed E-state index contributed by atoms with van der Waals surface area (Å²) in [6.07, 6.45) is 1.47. The third kappa shape index (κ3) is 4.45. The Bertz CT molecular complexity index is 666. The maximum Gasteiger partial charge on any atom is 0.196 e. The lowest BCUT2D eigenvalue weighted by Gasteiger charge is -2.54. The molecule has 0 radical (unpaired) electrons. The Hall–Kier alpha value is -1.22. The monoisotopic (exact) mass is 489 g/mol. The second-order valence-corrected chi connectivity index (χ2v) is 7.43. The number of anilines is 1. The van der Waals surface area contributed by atoms with Gasteiger partial charge in [-0.05, 0) is 32.4 Å². The molecule has 0 bridgehead atoms. The van der Waals surface area contributed by atoms with Crippen LogP contribution in [0.25, 0.3) is 0 Å². The predicted octanol–water partition coefficient (Wildman–Crippen LogP) is 3.90. The highest BCUT2D eigenvalue weighted by Gasteiger charge is 2.59. The molecule has 2 N–H and O–H groups in total. The van der Waals surface area contributed by atoms with Gasteiger partial charge in [-0.2, -0.15) is 0 Å². The molecule has 2 fully saturated rings. The van der Waals surface area contributed by atoms with Gasteiger partial charge in [0.15, 0.2) is 17.5 Å². The van der Waals surface area contributed by atoms with Gasteiger partial charge in [-0.1, -0.05) is 13.8 Å². The van der Waals surface area contributed by atoms with E-state index in [9.17, 15) is 0 Å². The molecule has 7 heteroatoms. The summed E-state index contributed by atoms with van der Waals surface area (Å²) in [5.74, 6) is 2.81. The van der Waals surface area contributed by atoms with Crippen molar-refractivity contribution in [2.24, 2.45) is 16.3 Å². The number of fused-ring (bicyclic) bond motifs is 1. The summed E-state index contributed by atoms with van der Waals surface area (Å²) in [7, 11) is 1.65. The molecule has 0 spiro atoms. The van der Waals surface area contributed by atoms with Crippen LogP contribution in [-0.2, 0) is 4.74 Å². The van der Waals surface area contributed by atoms with E-state index in [1.165, 1.54) is 0 Å². The summed E-state index contributed by atoms with van der Waals surface area (Å²) in [4.78, 5) is 4.62. The summed E-state index contributed by atoms with van der Waals surface area (Å²) in [6.45, 7) is 10.7. The van der Waals surface area contributed by atoms with E-state index in [1.54, 1.807) is 7.11 Å². The van der Waals surface area contributed by atoms with Gasteiger partial charge in [-0.25, -0.2) is 0 Å². The maximum atomic E-state index is 5.89. The van der Waals surface area contributed by atoms with Gasteiger partial charge in [-0.15, -0.1) is 24.0 Å². The van der Waals surface area contributed by atoms with E-state index in [1.807, 2.05) is 32.0 Å². The summed E-state index contributed by atoms with van der Waals surface area (Å²) in [5, 5.41) is 7.03. The van der Waals surface area contributed by atoms with E-state index in [0.29, 0.717) is 37.0 Å². The van der Waals surface area contributed by atoms with Crippen LogP contribution >= 0.6 is 24.0 Å². The number of halogens is 1. The molecular weight excluding hydrogens is 457 g/mol. The van der Waals surface area contributed by atoms with Gasteiger partial charge in [0, 0.05) is 42.3 Å². The molecular formula is C20H32IN3O3. The van der Waals surface area contributed by atoms with Crippen molar-refractivity contribution in [3.63, 3.8) is 0 Å². The minimum absolute atomic E-state index is 0. The normalized spacial score (nSPS) is 25.7. The lowest BCUT2D eigenvalue weighted by Crippen LogP contribution is -2.67. The van der Waals surface area contributed by atoms with E-state index in [-0.39, 0.29) is 29.4 Å². The zero-order valence-electron chi connectivity index (χ0n) is 16.9. The Labute approximate surface area is 179 Å². The summed E-state index contributed by atoms with van der Waals surface area (Å²) in [5.41, 5.74) is 1.02. The Morgan fingerprint density at radius 2 is 2.07 bits per heavy atom. The minimum Gasteiger partial charge on any atom is -0.493 e. The first-order valence-electron chi connectivity index (χ1n) is 9.51. The van der Waals surface area contributed by atoms with Gasteiger partial charge in [0.2, 0.25) is 0 Å². The SMILES string of the molecule is CCN=C(Nc1ccc(OCC)c(OC)c1)NC1C2CCOC2C1(C)C.I. The second-order valence-electron chi connectivity index (χ2n) is 7.43. The van der Waals surface area contributed by atoms with E-state index in [2.05, 4.69) is 29.5 Å². The number of rotatable bonds is 6. The van der Waals surface area contributed by atoms with Gasteiger partial charge >= 0.3 is 0 Å². The van der Waals surface area contributed by atoms with Crippen molar-refractivity contribution >= 4 is 35.6 Å². The van der Waals surface area contributed by atoms with Crippen LogP contribution < -0.4 is 20.1 Å². The fraction of sp³-hybridized carbons (Fsp3) is 0.650. The number of benzene rings is 1. The van der Waals surface area contributed by atoms with Crippen molar-refractivity contribution in [1.82, 2.24) is 5.32 Å². The average molecular weight is 489 g/mol. The fourth-order valence-electron chi connectivity index (χ4n) is 4.20. The van der Waals surface area contributed by atoms with Crippen LogP contribution in [0.4, 0.5) is 5.69 Å². The van der Waals surface area contributed by atoms with Crippen LogP contribution in [0, 0.1) is 11.3 Å². The van der Waals surface area contributed by atoms with Crippen molar-refractivity contribution in [3.05, 3.63) is 18.2 Å². The van der Waals surface area contributed by atoms with Crippen molar-refractivity contribution in [1.29, 1.82) is 0 Å². The zero-order valence-corrected chi connectivity index (χ0v) is 19.2. The molecule has 1 saturated heterocycles. The van der Waals surface area contributed by atoms with Crippen molar-refractivity contribution in [2.75, 3.05) is 32.2 Å². The molecule has 1 aliphatic carbocycles. The van der Waals surface area contributed by atoms with Gasteiger partial charge in [0.1, 0.15) is 0 Å². The Morgan fingerprint density at radius 1 is 1.30 bits per heavy atom. The topological polar surface area (TPSA) is 64.1 Å². The van der Waals surface area contributed by atoms with Gasteiger partial charge in [0.25, 0.3) is 0 Å². The number of guanidine groups is 1. The van der Waals surface area contributed by atoms with E-state index < -0.39 is 0 Å². The number of nitrogens with zero attached hydrogens (tertiary/aromatic N) is 1. The minimum atomic E-state index is 0. The Kier molecular flexibility index (Phi) is 7.62. The van der Waals surface area contributed by atoms with Crippen LogP contribution in [0.15, 0.2) is 23.2 Å². The third-order valence-electron chi connectivity index (χ3n) is 5.44. The van der Waals surface area contributed by atoms with Crippen molar-refractivity contribution < 1.29 is 14.2 Å². The van der Waals surface area contributed by atoms with Gasteiger partial charge in [0.05, 0.1) is 19.8 Å². The number of hydrogen-bond acceptors (Lipinski definition) is 4. The molecule has 1 aromatic rings. The molecule has 1 saturated carbocycles. The molecule has 152 valence electrons. The number of nitrogens with one attached hydrogen (secondary N) is 2. The molecule has 2 aliphatic rings. The first-order valence-corrected chi connectivity index (χ1v) is 9.51. The summed E-state index contributed by atoms with van der Waals surface area (Å²) < 4.78 is 16.9. The molecule has 3 atom stereocenters. The van der Waals surface area contributed by atoms with Crippen molar-refractivity contribution in [3.8, 4) is 11.5 Å². The summed E-state index contributed by atoms with van der Waals surface area (Å²) >= 11 is 0. The van der Waals surface area contributed by atoms with Gasteiger partial charge < -0.3 is 24.8 Å². The molecule has 27 heavy (non-hydrogen) atoms.